The molecule has 1 atom stereocenters. The molecule has 4 heteroatoms. The molecule has 1 aromatic heterocycles. The molecule has 0 saturated heterocycles. The van der Waals surface area contributed by atoms with E-state index < -0.39 is 0 Å². The first-order valence-electron chi connectivity index (χ1n) is 13.6. The summed E-state index contributed by atoms with van der Waals surface area (Å²) in [4.78, 5) is 8.35. The van der Waals surface area contributed by atoms with Gasteiger partial charge in [0.1, 0.15) is 17.3 Å². The van der Waals surface area contributed by atoms with Crippen LogP contribution in [0.25, 0.3) is 16.7 Å². The first kappa shape index (κ1) is 24.7. The van der Waals surface area contributed by atoms with E-state index in [1.54, 1.807) is 0 Å². The Morgan fingerprint density at radius 2 is 1.62 bits per heavy atom. The highest BCUT2D eigenvalue weighted by Crippen LogP contribution is 2.46. The molecule has 6 rings (SSSR count). The van der Waals surface area contributed by atoms with Crippen LogP contribution in [0.15, 0.2) is 114 Å². The molecule has 4 aromatic carbocycles. The van der Waals surface area contributed by atoms with Gasteiger partial charge in [0.2, 0.25) is 0 Å². The fourth-order valence-electron chi connectivity index (χ4n) is 5.44. The van der Waals surface area contributed by atoms with Crippen LogP contribution in [0.3, 0.4) is 0 Å². The zero-order valence-corrected chi connectivity index (χ0v) is 22.4. The first-order valence-corrected chi connectivity index (χ1v) is 13.6. The van der Waals surface area contributed by atoms with Crippen molar-refractivity contribution in [2.45, 2.75) is 26.2 Å². The van der Waals surface area contributed by atoms with E-state index in [4.69, 9.17) is 14.5 Å². The number of aromatic amines is 1. The van der Waals surface area contributed by atoms with Crippen molar-refractivity contribution in [1.82, 2.24) is 4.98 Å². The van der Waals surface area contributed by atoms with Crippen LogP contribution in [0.5, 0.6) is 11.5 Å². The maximum atomic E-state index is 6.63. The van der Waals surface area contributed by atoms with Crippen LogP contribution in [-0.2, 0) is 6.42 Å². The van der Waals surface area contributed by atoms with Crippen molar-refractivity contribution in [3.63, 3.8) is 0 Å². The number of rotatable bonds is 8. The summed E-state index contributed by atoms with van der Waals surface area (Å²) >= 11 is 0. The number of nitrogens with one attached hydrogen (secondary N) is 1. The normalized spacial score (nSPS) is 15.0. The molecular formula is C35H32N2O2. The van der Waals surface area contributed by atoms with Crippen molar-refractivity contribution >= 4 is 22.9 Å². The van der Waals surface area contributed by atoms with Crippen molar-refractivity contribution in [3.8, 4) is 11.5 Å². The predicted molar refractivity (Wildman–Crippen MR) is 160 cm³/mol. The Labute approximate surface area is 229 Å². The molecule has 0 bridgehead atoms. The SMILES string of the molecule is CCOc1ccc(C2=C(C=NCCc3c[nH]c4ccccc34)C(c3ccccc3C)c3ccccc3O2)cc1. The maximum absolute atomic E-state index is 6.63. The van der Waals surface area contributed by atoms with Crippen molar-refractivity contribution in [1.29, 1.82) is 0 Å². The number of aryl methyl sites for hydroxylation is 1. The molecule has 0 saturated carbocycles. The number of para-hydroxylation sites is 2. The second kappa shape index (κ2) is 11.0. The van der Waals surface area contributed by atoms with Crippen molar-refractivity contribution in [2.24, 2.45) is 4.99 Å². The van der Waals surface area contributed by atoms with E-state index in [1.807, 2.05) is 31.3 Å². The highest BCUT2D eigenvalue weighted by Gasteiger charge is 2.31. The molecule has 39 heavy (non-hydrogen) atoms. The summed E-state index contributed by atoms with van der Waals surface area (Å²) in [6.45, 7) is 5.49. The van der Waals surface area contributed by atoms with Crippen LogP contribution >= 0.6 is 0 Å². The molecule has 1 unspecified atom stereocenters. The smallest absolute Gasteiger partial charge is 0.140 e. The third-order valence-corrected chi connectivity index (χ3v) is 7.36. The van der Waals surface area contributed by atoms with Gasteiger partial charge < -0.3 is 14.5 Å². The molecule has 1 aliphatic heterocycles. The van der Waals surface area contributed by atoms with Gasteiger partial charge >= 0.3 is 0 Å². The highest BCUT2D eigenvalue weighted by molar-refractivity contribution is 5.94. The van der Waals surface area contributed by atoms with Gasteiger partial charge in [-0.2, -0.15) is 0 Å². The van der Waals surface area contributed by atoms with Gasteiger partial charge in [-0.25, -0.2) is 0 Å². The fraction of sp³-hybridized carbons (Fsp3) is 0.171. The van der Waals surface area contributed by atoms with Crippen LogP contribution in [0.4, 0.5) is 0 Å². The minimum absolute atomic E-state index is 0.00885. The number of hydrogen-bond acceptors (Lipinski definition) is 3. The summed E-state index contributed by atoms with van der Waals surface area (Å²) in [6, 6.07) is 33.5. The monoisotopic (exact) mass is 512 g/mol. The molecular weight excluding hydrogens is 480 g/mol. The molecule has 194 valence electrons. The largest absolute Gasteiger partial charge is 0.494 e. The number of allylic oxidation sites excluding steroid dienone is 1. The quantitative estimate of drug-likeness (QED) is 0.213. The molecule has 4 nitrogen and oxygen atoms in total. The maximum Gasteiger partial charge on any atom is 0.140 e. The fourth-order valence-corrected chi connectivity index (χ4v) is 5.44. The number of fused-ring (bicyclic) bond motifs is 2. The number of H-pyrrole nitrogens is 1. The summed E-state index contributed by atoms with van der Waals surface area (Å²) in [7, 11) is 0. The van der Waals surface area contributed by atoms with Gasteiger partial charge in [-0.1, -0.05) is 60.7 Å². The molecule has 0 amide bonds. The van der Waals surface area contributed by atoms with E-state index in [2.05, 4.69) is 97.0 Å². The second-order valence-corrected chi connectivity index (χ2v) is 9.82. The molecule has 0 fully saturated rings. The van der Waals surface area contributed by atoms with Gasteiger partial charge in [-0.05, 0) is 73.4 Å². The summed E-state index contributed by atoms with van der Waals surface area (Å²) in [5.41, 5.74) is 8.16. The Balaban J connectivity index is 1.42. The van der Waals surface area contributed by atoms with Gasteiger partial charge in [-0.15, -0.1) is 0 Å². The van der Waals surface area contributed by atoms with Crippen LogP contribution in [-0.4, -0.2) is 24.4 Å². The lowest BCUT2D eigenvalue weighted by Gasteiger charge is -2.30. The molecule has 2 heterocycles. The van der Waals surface area contributed by atoms with Crippen LogP contribution < -0.4 is 9.47 Å². The lowest BCUT2D eigenvalue weighted by Crippen LogP contribution is -2.18. The van der Waals surface area contributed by atoms with Crippen molar-refractivity contribution < 1.29 is 9.47 Å². The van der Waals surface area contributed by atoms with Gasteiger partial charge in [-0.3, -0.25) is 4.99 Å². The topological polar surface area (TPSA) is 46.6 Å². The molecule has 0 aliphatic carbocycles. The third kappa shape index (κ3) is 4.98. The second-order valence-electron chi connectivity index (χ2n) is 9.82. The predicted octanol–water partition coefficient (Wildman–Crippen LogP) is 8.12. The standard InChI is InChI=1S/C35H32N2O2/c1-3-38-27-18-16-25(17-19-27)35-31(23-36-21-20-26-22-37-32-14-8-6-12-29(26)32)34(28-11-5-4-10-24(28)2)30-13-7-9-15-33(30)39-35/h4-19,22-23,34,37H,3,20-21H2,1-2H3. The summed E-state index contributed by atoms with van der Waals surface area (Å²) in [6.07, 6.45) is 4.99. The van der Waals surface area contributed by atoms with Gasteiger partial charge in [0.25, 0.3) is 0 Å². The van der Waals surface area contributed by atoms with Crippen LogP contribution in [0, 0.1) is 6.92 Å². The third-order valence-electron chi connectivity index (χ3n) is 7.36. The number of aliphatic imine (C=N–C) groups is 1. The lowest BCUT2D eigenvalue weighted by molar-refractivity contribution is 0.340. The van der Waals surface area contributed by atoms with E-state index >= 15 is 0 Å². The van der Waals surface area contributed by atoms with E-state index in [0.29, 0.717) is 13.2 Å². The minimum atomic E-state index is 0.00885. The average Bonchev–Trinajstić information content (AvgIpc) is 3.39. The lowest BCUT2D eigenvalue weighted by atomic mass is 9.80. The van der Waals surface area contributed by atoms with E-state index in [-0.39, 0.29) is 5.92 Å². The molecule has 1 N–H and O–H groups in total. The van der Waals surface area contributed by atoms with E-state index in [9.17, 15) is 0 Å². The van der Waals surface area contributed by atoms with Crippen molar-refractivity contribution in [3.05, 3.63) is 137 Å². The Kier molecular flexibility index (Phi) is 7.01. The average molecular weight is 513 g/mol. The molecule has 5 aromatic rings. The number of benzene rings is 4. The molecule has 1 aliphatic rings. The van der Waals surface area contributed by atoms with Crippen LogP contribution in [0.2, 0.25) is 0 Å². The number of ether oxygens (including phenoxy) is 2. The van der Waals surface area contributed by atoms with Gasteiger partial charge in [0, 0.05) is 52.5 Å². The Morgan fingerprint density at radius 1 is 0.872 bits per heavy atom. The number of aromatic nitrogens is 1. The minimum Gasteiger partial charge on any atom is -0.494 e. The Hall–Kier alpha value is -4.57. The first-order chi connectivity index (χ1) is 19.2. The molecule has 0 spiro atoms. The summed E-state index contributed by atoms with van der Waals surface area (Å²) < 4.78 is 12.3. The molecule has 0 radical (unpaired) electrons. The van der Waals surface area contributed by atoms with Gasteiger partial charge in [0.05, 0.1) is 6.61 Å². The van der Waals surface area contributed by atoms with E-state index in [0.717, 1.165) is 45.9 Å². The zero-order chi connectivity index (χ0) is 26.6. The zero-order valence-electron chi connectivity index (χ0n) is 22.4. The Morgan fingerprint density at radius 3 is 2.44 bits per heavy atom. The summed E-state index contributed by atoms with van der Waals surface area (Å²) in [5, 5.41) is 1.26. The van der Waals surface area contributed by atoms with Gasteiger partial charge in [0.15, 0.2) is 0 Å². The Bertz CT molecular complexity index is 1660. The number of hydrogen-bond donors (Lipinski definition) is 1. The number of nitrogens with zero attached hydrogens (tertiary/aromatic N) is 1. The van der Waals surface area contributed by atoms with Crippen molar-refractivity contribution in [2.75, 3.05) is 13.2 Å². The highest BCUT2D eigenvalue weighted by atomic mass is 16.5. The van der Waals surface area contributed by atoms with E-state index in [1.165, 1.54) is 22.1 Å². The van der Waals surface area contributed by atoms with Crippen LogP contribution in [0.1, 0.15) is 40.7 Å². The summed E-state index contributed by atoms with van der Waals surface area (Å²) in [5.74, 6) is 2.57.